The predicted octanol–water partition coefficient (Wildman–Crippen LogP) is 3.69. The number of rotatable bonds is 8. The molecule has 29 heavy (non-hydrogen) atoms. The molecular weight excluding hydrogens is 442 g/mol. The number of aliphatic hydroxyl groups excluding tert-OH is 1. The van der Waals surface area contributed by atoms with Crippen LogP contribution in [0.4, 0.5) is 0 Å². The maximum atomic E-state index is 12.5. The highest BCUT2D eigenvalue weighted by molar-refractivity contribution is 9.10. The van der Waals surface area contributed by atoms with Gasteiger partial charge in [0.1, 0.15) is 18.3 Å². The van der Waals surface area contributed by atoms with E-state index >= 15 is 0 Å². The Balaban J connectivity index is 1.61. The van der Waals surface area contributed by atoms with Crippen molar-refractivity contribution in [3.8, 4) is 17.2 Å². The van der Waals surface area contributed by atoms with Crippen molar-refractivity contribution >= 4 is 32.8 Å². The molecule has 1 unspecified atom stereocenters. The number of fused-ring (bicyclic) bond motifs is 1. The number of carbonyl (C=O) groups is 1. The van der Waals surface area contributed by atoms with Gasteiger partial charge in [-0.3, -0.25) is 4.79 Å². The summed E-state index contributed by atoms with van der Waals surface area (Å²) in [6, 6.07) is 10.8. The van der Waals surface area contributed by atoms with Gasteiger partial charge in [0.05, 0.1) is 14.2 Å². The van der Waals surface area contributed by atoms with E-state index in [1.165, 1.54) is 14.2 Å². The van der Waals surface area contributed by atoms with Crippen LogP contribution in [0.2, 0.25) is 0 Å². The van der Waals surface area contributed by atoms with Crippen LogP contribution in [-0.2, 0) is 0 Å². The van der Waals surface area contributed by atoms with Crippen LogP contribution >= 0.6 is 15.9 Å². The third-order valence-electron chi connectivity index (χ3n) is 4.41. The summed E-state index contributed by atoms with van der Waals surface area (Å²) in [5.74, 6) is 1.19. The molecule has 1 amide bonds. The number of benzene rings is 2. The zero-order valence-corrected chi connectivity index (χ0v) is 17.9. The van der Waals surface area contributed by atoms with Crippen molar-refractivity contribution in [3.05, 3.63) is 52.2 Å². The van der Waals surface area contributed by atoms with Crippen molar-refractivity contribution < 1.29 is 28.5 Å². The molecule has 0 radical (unpaired) electrons. The number of aliphatic hydroxyl groups is 1. The third kappa shape index (κ3) is 4.65. The lowest BCUT2D eigenvalue weighted by atomic mass is 10.1. The van der Waals surface area contributed by atoms with Gasteiger partial charge in [-0.2, -0.15) is 0 Å². The molecule has 0 spiro atoms. The molecule has 3 aromatic rings. The number of amides is 1. The van der Waals surface area contributed by atoms with Gasteiger partial charge >= 0.3 is 0 Å². The Morgan fingerprint density at radius 1 is 1.21 bits per heavy atom. The first-order valence-electron chi connectivity index (χ1n) is 8.93. The van der Waals surface area contributed by atoms with Gasteiger partial charge in [0.2, 0.25) is 5.75 Å². The Morgan fingerprint density at radius 2 is 1.90 bits per heavy atom. The molecule has 2 N–H and O–H groups in total. The van der Waals surface area contributed by atoms with E-state index in [0.717, 1.165) is 15.4 Å². The number of furan rings is 1. The molecule has 1 atom stereocenters. The molecule has 3 rings (SSSR count). The topological polar surface area (TPSA) is 90.2 Å². The van der Waals surface area contributed by atoms with E-state index in [0.29, 0.717) is 22.8 Å². The number of para-hydroxylation sites is 1. The Bertz CT molecular complexity index is 994. The molecule has 0 saturated heterocycles. The lowest BCUT2D eigenvalue weighted by Crippen LogP contribution is -2.35. The molecule has 0 bridgehead atoms. The highest BCUT2D eigenvalue weighted by atomic mass is 79.9. The Hall–Kier alpha value is -2.71. The molecular formula is C21H22BrNO6. The van der Waals surface area contributed by atoms with Gasteiger partial charge in [0, 0.05) is 22.0 Å². The predicted molar refractivity (Wildman–Crippen MR) is 112 cm³/mol. The van der Waals surface area contributed by atoms with E-state index in [1.807, 2.05) is 19.1 Å². The minimum atomic E-state index is -0.938. The van der Waals surface area contributed by atoms with E-state index in [1.54, 1.807) is 24.3 Å². The second-order valence-corrected chi connectivity index (χ2v) is 7.28. The number of nitrogens with one attached hydrogen (secondary N) is 1. The maximum absolute atomic E-state index is 12.5. The average Bonchev–Trinajstić information content (AvgIpc) is 3.06. The van der Waals surface area contributed by atoms with Crippen LogP contribution in [-0.4, -0.2) is 44.5 Å². The minimum absolute atomic E-state index is 0.00349. The fraction of sp³-hybridized carbons (Fsp3) is 0.286. The molecule has 0 fully saturated rings. The molecule has 154 valence electrons. The van der Waals surface area contributed by atoms with Crippen LogP contribution < -0.4 is 19.5 Å². The van der Waals surface area contributed by atoms with Crippen molar-refractivity contribution in [1.29, 1.82) is 0 Å². The zero-order chi connectivity index (χ0) is 21.0. The van der Waals surface area contributed by atoms with Gasteiger partial charge in [0.15, 0.2) is 17.3 Å². The van der Waals surface area contributed by atoms with Crippen LogP contribution in [0.1, 0.15) is 16.1 Å². The lowest BCUT2D eigenvalue weighted by Gasteiger charge is -2.17. The first-order valence-corrected chi connectivity index (χ1v) is 9.72. The van der Waals surface area contributed by atoms with Gasteiger partial charge < -0.3 is 29.1 Å². The van der Waals surface area contributed by atoms with Crippen molar-refractivity contribution in [3.63, 3.8) is 0 Å². The second kappa shape index (κ2) is 9.19. The highest BCUT2D eigenvalue weighted by Gasteiger charge is 2.19. The van der Waals surface area contributed by atoms with Gasteiger partial charge in [-0.1, -0.05) is 22.0 Å². The minimum Gasteiger partial charge on any atom is -0.493 e. The number of aryl methyl sites for hydroxylation is 1. The van der Waals surface area contributed by atoms with Gasteiger partial charge in [0.25, 0.3) is 5.91 Å². The summed E-state index contributed by atoms with van der Waals surface area (Å²) in [4.78, 5) is 12.5. The van der Waals surface area contributed by atoms with E-state index in [2.05, 4.69) is 21.2 Å². The van der Waals surface area contributed by atoms with Crippen molar-refractivity contribution in [1.82, 2.24) is 5.32 Å². The molecule has 7 nitrogen and oxygen atoms in total. The molecule has 1 heterocycles. The van der Waals surface area contributed by atoms with Crippen molar-refractivity contribution in [2.24, 2.45) is 0 Å². The largest absolute Gasteiger partial charge is 0.493 e. The Labute approximate surface area is 176 Å². The smallest absolute Gasteiger partial charge is 0.287 e. The molecule has 0 aliphatic carbocycles. The van der Waals surface area contributed by atoms with Crippen LogP contribution in [0.25, 0.3) is 11.0 Å². The summed E-state index contributed by atoms with van der Waals surface area (Å²) in [6.45, 7) is 1.76. The van der Waals surface area contributed by atoms with E-state index in [4.69, 9.17) is 18.6 Å². The summed E-state index contributed by atoms with van der Waals surface area (Å²) in [7, 11) is 3.04. The van der Waals surface area contributed by atoms with Crippen LogP contribution in [0.3, 0.4) is 0 Å². The molecule has 2 aromatic carbocycles. The number of halogens is 1. The number of hydrogen-bond donors (Lipinski definition) is 2. The third-order valence-corrected chi connectivity index (χ3v) is 4.90. The maximum Gasteiger partial charge on any atom is 0.287 e. The number of carbonyl (C=O) groups excluding carboxylic acids is 1. The van der Waals surface area contributed by atoms with E-state index < -0.39 is 12.0 Å². The monoisotopic (exact) mass is 463 g/mol. The zero-order valence-electron chi connectivity index (χ0n) is 16.3. The highest BCUT2D eigenvalue weighted by Crippen LogP contribution is 2.36. The number of hydrogen-bond acceptors (Lipinski definition) is 6. The van der Waals surface area contributed by atoms with Gasteiger partial charge in [-0.05, 0) is 37.3 Å². The number of ether oxygens (including phenoxy) is 3. The van der Waals surface area contributed by atoms with Crippen molar-refractivity contribution in [2.45, 2.75) is 13.0 Å². The summed E-state index contributed by atoms with van der Waals surface area (Å²) in [5, 5.41) is 13.8. The molecule has 0 saturated carbocycles. The normalized spacial score (nSPS) is 11.9. The molecule has 0 aliphatic heterocycles. The fourth-order valence-electron chi connectivity index (χ4n) is 2.90. The quantitative estimate of drug-likeness (QED) is 0.529. The average molecular weight is 464 g/mol. The van der Waals surface area contributed by atoms with Crippen LogP contribution in [0, 0.1) is 6.92 Å². The molecule has 8 heteroatoms. The van der Waals surface area contributed by atoms with Gasteiger partial charge in [-0.15, -0.1) is 0 Å². The SMILES string of the molecule is COc1cccc(OC)c1OCC(O)CNC(=O)c1oc2ccc(Br)cc2c1C. The first-order chi connectivity index (χ1) is 13.9. The van der Waals surface area contributed by atoms with E-state index in [-0.39, 0.29) is 18.9 Å². The van der Waals surface area contributed by atoms with Crippen LogP contribution in [0.5, 0.6) is 17.2 Å². The van der Waals surface area contributed by atoms with Crippen molar-refractivity contribution in [2.75, 3.05) is 27.4 Å². The Morgan fingerprint density at radius 3 is 2.55 bits per heavy atom. The Kier molecular flexibility index (Phi) is 6.66. The summed E-state index contributed by atoms with van der Waals surface area (Å²) >= 11 is 3.41. The van der Waals surface area contributed by atoms with Gasteiger partial charge in [-0.25, -0.2) is 0 Å². The standard InChI is InChI=1S/C21H22BrNO6/c1-12-15-9-13(22)7-8-16(15)29-19(12)21(25)23-10-14(24)11-28-20-17(26-2)5-4-6-18(20)27-3/h4-9,14,24H,10-11H2,1-3H3,(H,23,25). The molecule has 0 aliphatic rings. The molecule has 1 aromatic heterocycles. The lowest BCUT2D eigenvalue weighted by molar-refractivity contribution is 0.0814. The fourth-order valence-corrected chi connectivity index (χ4v) is 3.26. The first kappa shape index (κ1) is 21.0. The summed E-state index contributed by atoms with van der Waals surface area (Å²) < 4.78 is 22.7. The number of methoxy groups -OCH3 is 2. The second-order valence-electron chi connectivity index (χ2n) is 6.36. The summed E-state index contributed by atoms with van der Waals surface area (Å²) in [5.41, 5.74) is 1.37. The van der Waals surface area contributed by atoms with Crippen LogP contribution in [0.15, 0.2) is 45.3 Å². The van der Waals surface area contributed by atoms with E-state index in [9.17, 15) is 9.90 Å². The summed E-state index contributed by atoms with van der Waals surface area (Å²) in [6.07, 6.45) is -0.938.